The summed E-state index contributed by atoms with van der Waals surface area (Å²) in [5.41, 5.74) is 0.901. The van der Waals surface area contributed by atoms with Crippen LogP contribution in [0, 0.1) is 5.95 Å². The lowest BCUT2D eigenvalue weighted by Crippen LogP contribution is -2.08. The fourth-order valence-corrected chi connectivity index (χ4v) is 1.12. The Bertz CT molecular complexity index is 302. The SMILES string of the molecule is CC(C)c1cc(F)nc(NCCO)c1. The molecule has 0 saturated carbocycles. The van der Waals surface area contributed by atoms with Crippen molar-refractivity contribution in [3.05, 3.63) is 23.6 Å². The molecule has 1 rings (SSSR count). The van der Waals surface area contributed by atoms with E-state index in [1.165, 1.54) is 6.07 Å². The molecule has 0 unspecified atom stereocenters. The summed E-state index contributed by atoms with van der Waals surface area (Å²) < 4.78 is 13.0. The molecule has 0 bridgehead atoms. The van der Waals surface area contributed by atoms with Crippen molar-refractivity contribution in [2.24, 2.45) is 0 Å². The third-order valence-corrected chi connectivity index (χ3v) is 1.90. The molecule has 1 heterocycles. The molecule has 0 amide bonds. The molecular formula is C10H15FN2O. The highest BCUT2D eigenvalue weighted by molar-refractivity contribution is 5.38. The molecule has 0 aliphatic rings. The first-order valence-electron chi connectivity index (χ1n) is 4.65. The van der Waals surface area contributed by atoms with E-state index in [1.54, 1.807) is 6.07 Å². The van der Waals surface area contributed by atoms with E-state index in [0.29, 0.717) is 12.4 Å². The highest BCUT2D eigenvalue weighted by Crippen LogP contribution is 2.17. The molecule has 4 heteroatoms. The molecule has 0 aromatic carbocycles. The zero-order valence-electron chi connectivity index (χ0n) is 8.42. The molecule has 0 spiro atoms. The first-order chi connectivity index (χ1) is 6.63. The quantitative estimate of drug-likeness (QED) is 0.724. The molecule has 0 radical (unpaired) electrons. The maximum absolute atomic E-state index is 13.0. The number of nitrogens with zero attached hydrogens (tertiary/aromatic N) is 1. The number of aromatic nitrogens is 1. The Hall–Kier alpha value is -1.16. The van der Waals surface area contributed by atoms with Crippen molar-refractivity contribution in [1.82, 2.24) is 4.98 Å². The van der Waals surface area contributed by atoms with Crippen LogP contribution < -0.4 is 5.32 Å². The van der Waals surface area contributed by atoms with Crippen LogP contribution in [-0.4, -0.2) is 23.2 Å². The number of rotatable bonds is 4. The molecule has 1 aromatic heterocycles. The maximum Gasteiger partial charge on any atom is 0.215 e. The molecule has 0 saturated heterocycles. The Balaban J connectivity index is 2.84. The van der Waals surface area contributed by atoms with Gasteiger partial charge >= 0.3 is 0 Å². The topological polar surface area (TPSA) is 45.2 Å². The van der Waals surface area contributed by atoms with Crippen LogP contribution in [-0.2, 0) is 0 Å². The number of hydrogen-bond acceptors (Lipinski definition) is 3. The van der Waals surface area contributed by atoms with E-state index in [9.17, 15) is 4.39 Å². The van der Waals surface area contributed by atoms with E-state index in [4.69, 9.17) is 5.11 Å². The van der Waals surface area contributed by atoms with E-state index >= 15 is 0 Å². The third-order valence-electron chi connectivity index (χ3n) is 1.90. The van der Waals surface area contributed by atoms with Gasteiger partial charge in [-0.3, -0.25) is 0 Å². The predicted molar refractivity (Wildman–Crippen MR) is 53.9 cm³/mol. The van der Waals surface area contributed by atoms with Gasteiger partial charge in [0.2, 0.25) is 5.95 Å². The first kappa shape index (κ1) is 10.9. The van der Waals surface area contributed by atoms with Crippen molar-refractivity contribution in [3.63, 3.8) is 0 Å². The molecule has 0 atom stereocenters. The Morgan fingerprint density at radius 3 is 2.79 bits per heavy atom. The van der Waals surface area contributed by atoms with E-state index in [0.717, 1.165) is 5.56 Å². The minimum Gasteiger partial charge on any atom is -0.395 e. The van der Waals surface area contributed by atoms with Gasteiger partial charge in [-0.05, 0) is 23.6 Å². The number of aliphatic hydroxyl groups excluding tert-OH is 1. The van der Waals surface area contributed by atoms with E-state index in [-0.39, 0.29) is 12.5 Å². The molecule has 78 valence electrons. The molecular weight excluding hydrogens is 183 g/mol. The van der Waals surface area contributed by atoms with Crippen molar-refractivity contribution >= 4 is 5.82 Å². The molecule has 2 N–H and O–H groups in total. The number of pyridine rings is 1. The van der Waals surface area contributed by atoms with Crippen molar-refractivity contribution < 1.29 is 9.50 Å². The number of halogens is 1. The van der Waals surface area contributed by atoms with Crippen molar-refractivity contribution in [2.75, 3.05) is 18.5 Å². The van der Waals surface area contributed by atoms with Gasteiger partial charge in [0.25, 0.3) is 0 Å². The second-order valence-electron chi connectivity index (χ2n) is 3.41. The molecule has 0 aliphatic carbocycles. The lowest BCUT2D eigenvalue weighted by Gasteiger charge is -2.08. The van der Waals surface area contributed by atoms with Gasteiger partial charge in [-0.15, -0.1) is 0 Å². The highest BCUT2D eigenvalue weighted by atomic mass is 19.1. The number of anilines is 1. The van der Waals surface area contributed by atoms with Crippen LogP contribution in [0.15, 0.2) is 12.1 Å². The zero-order chi connectivity index (χ0) is 10.6. The number of nitrogens with one attached hydrogen (secondary N) is 1. The van der Waals surface area contributed by atoms with Gasteiger partial charge < -0.3 is 10.4 Å². The number of hydrogen-bond donors (Lipinski definition) is 2. The fraction of sp³-hybridized carbons (Fsp3) is 0.500. The molecule has 0 aliphatic heterocycles. The number of aliphatic hydroxyl groups is 1. The lowest BCUT2D eigenvalue weighted by molar-refractivity contribution is 0.311. The summed E-state index contributed by atoms with van der Waals surface area (Å²) in [6, 6.07) is 3.22. The van der Waals surface area contributed by atoms with Crippen LogP contribution in [0.5, 0.6) is 0 Å². The van der Waals surface area contributed by atoms with Crippen LogP contribution in [0.3, 0.4) is 0 Å². The minimum atomic E-state index is -0.489. The monoisotopic (exact) mass is 198 g/mol. The zero-order valence-corrected chi connectivity index (χ0v) is 8.42. The van der Waals surface area contributed by atoms with Gasteiger partial charge in [0, 0.05) is 6.54 Å². The molecule has 1 aromatic rings. The van der Waals surface area contributed by atoms with Crippen LogP contribution >= 0.6 is 0 Å². The second kappa shape index (κ2) is 4.91. The molecule has 3 nitrogen and oxygen atoms in total. The van der Waals surface area contributed by atoms with Crippen molar-refractivity contribution in [2.45, 2.75) is 19.8 Å². The lowest BCUT2D eigenvalue weighted by atomic mass is 10.1. The standard InChI is InChI=1S/C10H15FN2O/c1-7(2)8-5-9(11)13-10(6-8)12-3-4-14/h5-7,14H,3-4H2,1-2H3,(H,12,13). The van der Waals surface area contributed by atoms with Gasteiger partial charge in [-0.2, -0.15) is 4.39 Å². The summed E-state index contributed by atoms with van der Waals surface area (Å²) in [4.78, 5) is 3.66. The smallest absolute Gasteiger partial charge is 0.215 e. The van der Waals surface area contributed by atoms with Crippen LogP contribution in [0.2, 0.25) is 0 Å². The summed E-state index contributed by atoms with van der Waals surface area (Å²) >= 11 is 0. The van der Waals surface area contributed by atoms with Crippen molar-refractivity contribution in [1.29, 1.82) is 0 Å². The summed E-state index contributed by atoms with van der Waals surface area (Å²) in [5, 5.41) is 11.4. The first-order valence-corrected chi connectivity index (χ1v) is 4.65. The van der Waals surface area contributed by atoms with E-state index in [1.807, 2.05) is 13.8 Å². The summed E-state index contributed by atoms with van der Waals surface area (Å²) in [7, 11) is 0. The average molecular weight is 198 g/mol. The van der Waals surface area contributed by atoms with Crippen LogP contribution in [0.4, 0.5) is 10.2 Å². The highest BCUT2D eigenvalue weighted by Gasteiger charge is 2.04. The van der Waals surface area contributed by atoms with Gasteiger partial charge in [0.05, 0.1) is 6.61 Å². The van der Waals surface area contributed by atoms with Crippen molar-refractivity contribution in [3.8, 4) is 0 Å². The van der Waals surface area contributed by atoms with Gasteiger partial charge in [-0.1, -0.05) is 13.8 Å². The normalized spacial score (nSPS) is 10.6. The van der Waals surface area contributed by atoms with Gasteiger partial charge in [-0.25, -0.2) is 4.98 Å². The van der Waals surface area contributed by atoms with Crippen LogP contribution in [0.1, 0.15) is 25.3 Å². The van der Waals surface area contributed by atoms with E-state index in [2.05, 4.69) is 10.3 Å². The fourth-order valence-electron chi connectivity index (χ4n) is 1.12. The minimum absolute atomic E-state index is 0.00913. The Kier molecular flexibility index (Phi) is 3.83. The summed E-state index contributed by atoms with van der Waals surface area (Å²) in [6.45, 7) is 4.37. The predicted octanol–water partition coefficient (Wildman–Crippen LogP) is 1.75. The Morgan fingerprint density at radius 1 is 1.50 bits per heavy atom. The van der Waals surface area contributed by atoms with Gasteiger partial charge in [0.1, 0.15) is 5.82 Å². The second-order valence-corrected chi connectivity index (χ2v) is 3.41. The third kappa shape index (κ3) is 2.96. The van der Waals surface area contributed by atoms with Crippen LogP contribution in [0.25, 0.3) is 0 Å². The largest absolute Gasteiger partial charge is 0.395 e. The van der Waals surface area contributed by atoms with E-state index < -0.39 is 5.95 Å². The Labute approximate surface area is 83.0 Å². The Morgan fingerprint density at radius 2 is 2.21 bits per heavy atom. The molecule has 0 fully saturated rings. The summed E-state index contributed by atoms with van der Waals surface area (Å²) in [6.07, 6.45) is 0. The summed E-state index contributed by atoms with van der Waals surface area (Å²) in [5.74, 6) is 0.251. The van der Waals surface area contributed by atoms with Gasteiger partial charge in [0.15, 0.2) is 0 Å². The maximum atomic E-state index is 13.0. The molecule has 14 heavy (non-hydrogen) atoms. The average Bonchev–Trinajstić information content (AvgIpc) is 2.14.